The molecule has 0 saturated heterocycles. The van der Waals surface area contributed by atoms with Gasteiger partial charge in [-0.25, -0.2) is 9.59 Å². The molecule has 1 saturated carbocycles. The second kappa shape index (κ2) is 29.6. The second-order valence-corrected chi connectivity index (χ2v) is 19.8. The van der Waals surface area contributed by atoms with Gasteiger partial charge in [-0.05, 0) is 145 Å². The topological polar surface area (TPSA) is 216 Å². The van der Waals surface area contributed by atoms with Gasteiger partial charge >= 0.3 is 36.7 Å². The number of hydrogen-bond acceptors (Lipinski definition) is 8. The molecule has 8 rings (SSSR count). The molecule has 0 radical (unpaired) electrons. The van der Waals surface area contributed by atoms with E-state index >= 15 is 0 Å². The van der Waals surface area contributed by atoms with Crippen molar-refractivity contribution in [3.63, 3.8) is 0 Å². The molecule has 16 nitrogen and oxygen atoms in total. The van der Waals surface area contributed by atoms with Crippen LogP contribution in [0.4, 0.5) is 58.7 Å². The van der Waals surface area contributed by atoms with E-state index < -0.39 is 60.0 Å². The number of alkyl halides is 6. The zero-order valence-corrected chi connectivity index (χ0v) is 45.4. The van der Waals surface area contributed by atoms with Crippen LogP contribution in [-0.4, -0.2) is 71.8 Å². The number of carbonyl (C=O) groups is 6. The largest absolute Gasteiger partial charge is 0.573 e. The highest BCUT2D eigenvalue weighted by Crippen LogP contribution is 2.35. The first-order chi connectivity index (χ1) is 40.1. The maximum Gasteiger partial charge on any atom is 0.573 e. The lowest BCUT2D eigenvalue weighted by molar-refractivity contribution is -0.275. The molecule has 0 spiro atoms. The molecule has 0 unspecified atom stereocenters. The first kappa shape index (κ1) is 62.3. The van der Waals surface area contributed by atoms with Gasteiger partial charge in [0.1, 0.15) is 11.5 Å². The van der Waals surface area contributed by atoms with Crippen molar-refractivity contribution in [1.29, 1.82) is 0 Å². The number of carbonyl (C=O) groups excluding carboxylic acids is 4. The number of nitrogens with zero attached hydrogens (tertiary/aromatic N) is 2. The molecule has 22 heteroatoms. The predicted octanol–water partition coefficient (Wildman–Crippen LogP) is 14.1. The molecular formula is C62H62F6N6O10. The fourth-order valence-electron chi connectivity index (χ4n) is 9.46. The summed E-state index contributed by atoms with van der Waals surface area (Å²) in [6.07, 6.45) is 2.22. The number of rotatable bonds is 20. The molecular weight excluding hydrogens is 1100 g/mol. The monoisotopic (exact) mass is 1160 g/mol. The van der Waals surface area contributed by atoms with Gasteiger partial charge < -0.3 is 41.0 Å². The van der Waals surface area contributed by atoms with E-state index in [9.17, 15) is 55.1 Å². The van der Waals surface area contributed by atoms with Crippen LogP contribution in [-0.2, 0) is 22.7 Å². The van der Waals surface area contributed by atoms with Crippen molar-refractivity contribution in [2.75, 3.05) is 33.5 Å². The molecule has 0 bridgehead atoms. The normalized spacial score (nSPS) is 13.4. The Morgan fingerprint density at radius 1 is 0.524 bits per heavy atom. The number of allylic oxidation sites excluding steroid dienone is 2. The number of nitrogens with one attached hydrogen (secondary N) is 4. The summed E-state index contributed by atoms with van der Waals surface area (Å²) in [6.45, 7) is 0.184. The Bertz CT molecular complexity index is 3240. The van der Waals surface area contributed by atoms with Gasteiger partial charge in [-0.2, -0.15) is 0 Å². The number of benzene rings is 6. The van der Waals surface area contributed by atoms with Gasteiger partial charge in [-0.15, -0.1) is 26.3 Å². The third-order valence-corrected chi connectivity index (χ3v) is 13.6. The average Bonchev–Trinajstić information content (AvgIpc) is 3.67. The summed E-state index contributed by atoms with van der Waals surface area (Å²) < 4.78 is 84.1. The molecule has 0 atom stereocenters. The lowest BCUT2D eigenvalue weighted by Gasteiger charge is -2.26. The van der Waals surface area contributed by atoms with Crippen LogP contribution in [0.15, 0.2) is 152 Å². The van der Waals surface area contributed by atoms with Crippen molar-refractivity contribution >= 4 is 64.1 Å². The van der Waals surface area contributed by atoms with E-state index in [1.807, 2.05) is 48.5 Å². The summed E-state index contributed by atoms with van der Waals surface area (Å²) in [7, 11) is 0. The van der Waals surface area contributed by atoms with Gasteiger partial charge in [0.25, 0.3) is 11.8 Å². The molecule has 6 amide bonds. The molecule has 84 heavy (non-hydrogen) atoms. The molecule has 6 aromatic carbocycles. The zero-order chi connectivity index (χ0) is 60.2. The van der Waals surface area contributed by atoms with E-state index in [1.54, 1.807) is 48.5 Å². The highest BCUT2D eigenvalue weighted by atomic mass is 19.4. The van der Waals surface area contributed by atoms with E-state index in [-0.39, 0.29) is 50.4 Å². The summed E-state index contributed by atoms with van der Waals surface area (Å²) in [6, 6.07) is 37.1. The van der Waals surface area contributed by atoms with Crippen LogP contribution in [0.25, 0.3) is 5.57 Å². The quantitative estimate of drug-likeness (QED) is 0.0398. The van der Waals surface area contributed by atoms with Crippen molar-refractivity contribution in [1.82, 2.24) is 10.6 Å². The molecule has 2 aliphatic carbocycles. The minimum Gasteiger partial charge on any atom is -0.481 e. The van der Waals surface area contributed by atoms with E-state index in [0.29, 0.717) is 39.5 Å². The molecule has 0 heterocycles. The third kappa shape index (κ3) is 20.0. The Hall–Kier alpha value is -9.34. The Morgan fingerprint density at radius 2 is 0.964 bits per heavy atom. The number of hydrogen-bond donors (Lipinski definition) is 6. The number of anilines is 4. The van der Waals surface area contributed by atoms with Crippen LogP contribution in [0.5, 0.6) is 11.5 Å². The van der Waals surface area contributed by atoms with Crippen LogP contribution in [0, 0.1) is 0 Å². The van der Waals surface area contributed by atoms with Gasteiger partial charge in [-0.1, -0.05) is 86.0 Å². The highest BCUT2D eigenvalue weighted by molar-refractivity contribution is 6.03. The minimum absolute atomic E-state index is 0.00404. The molecule has 2 aliphatic rings. The van der Waals surface area contributed by atoms with E-state index in [0.717, 1.165) is 68.4 Å². The van der Waals surface area contributed by atoms with Crippen molar-refractivity contribution in [3.05, 3.63) is 185 Å². The number of urea groups is 2. The number of aliphatic carboxylic acids is 2. The summed E-state index contributed by atoms with van der Waals surface area (Å²) in [5.74, 6) is -3.33. The first-order valence-corrected chi connectivity index (χ1v) is 27.1. The number of carboxylic acids is 2. The molecule has 442 valence electrons. The van der Waals surface area contributed by atoms with E-state index in [2.05, 4.69) is 36.8 Å². The fraction of sp³-hybridized carbons (Fsp3) is 0.290. The molecule has 0 aromatic heterocycles. The Balaban J connectivity index is 0.000000241. The minimum atomic E-state index is -4.87. The Labute approximate surface area is 480 Å². The molecule has 6 N–H and O–H groups in total. The van der Waals surface area contributed by atoms with Crippen LogP contribution < -0.4 is 40.5 Å². The summed E-state index contributed by atoms with van der Waals surface area (Å²) in [5.41, 5.74) is 6.94. The maximum absolute atomic E-state index is 13.5. The predicted molar refractivity (Wildman–Crippen MR) is 304 cm³/mol. The third-order valence-electron chi connectivity index (χ3n) is 13.6. The number of ether oxygens (including phenoxy) is 2. The van der Waals surface area contributed by atoms with Gasteiger partial charge in [0.15, 0.2) is 0 Å². The summed E-state index contributed by atoms with van der Waals surface area (Å²) in [5, 5.41) is 27.9. The summed E-state index contributed by atoms with van der Waals surface area (Å²) >= 11 is 0. The Morgan fingerprint density at radius 3 is 1.37 bits per heavy atom. The zero-order valence-electron chi connectivity index (χ0n) is 45.4. The fourth-order valence-corrected chi connectivity index (χ4v) is 9.46. The maximum atomic E-state index is 13.5. The van der Waals surface area contributed by atoms with Crippen molar-refractivity contribution in [3.8, 4) is 11.5 Å². The van der Waals surface area contributed by atoms with E-state index in [4.69, 9.17) is 10.2 Å². The van der Waals surface area contributed by atoms with Crippen molar-refractivity contribution in [2.45, 2.75) is 102 Å². The molecule has 6 aromatic rings. The smallest absolute Gasteiger partial charge is 0.481 e. The SMILES string of the molecule is O=C(O)CCNC(=O)c1ccc(CN(C(=O)Nc2cccc(OC(F)(F)F)c2)c2ccc(C3=CCCCC3)cc2)cc1.O=C(O)CCNC(=O)c1ccc(CN(C(=O)Nc2cccc(OC(F)(F)F)c2)c2ccc(C3CCCCC3)cc2)cc1. The van der Waals surface area contributed by atoms with Gasteiger partial charge in [0.2, 0.25) is 0 Å². The first-order valence-electron chi connectivity index (χ1n) is 27.1. The standard InChI is InChI=1S/C31H32F3N3O5.C31H30F3N3O5/c2*32-31(33,34)42-27-8-4-7-25(19-27)36-30(41)37(26-15-13-23(14-16-26)22-5-2-1-3-6-22)20-21-9-11-24(12-10-21)29(40)35-18-17-28(38)39/h4,7-16,19,22H,1-3,5-6,17-18,20H2,(H,35,40)(H,36,41)(H,38,39);4-5,7-16,19H,1-3,6,17-18,20H2,(H,35,40)(H,36,41)(H,38,39). The van der Waals surface area contributed by atoms with E-state index in [1.165, 1.54) is 64.5 Å². The number of amides is 6. The van der Waals surface area contributed by atoms with Gasteiger partial charge in [0, 0.05) is 59.1 Å². The van der Waals surface area contributed by atoms with Crippen LogP contribution in [0.1, 0.15) is 120 Å². The van der Waals surface area contributed by atoms with Crippen LogP contribution in [0.3, 0.4) is 0 Å². The van der Waals surface area contributed by atoms with Crippen molar-refractivity contribution < 1.29 is 74.8 Å². The van der Waals surface area contributed by atoms with Gasteiger partial charge in [-0.3, -0.25) is 29.0 Å². The molecule has 1 fully saturated rings. The number of carboxylic acid groups (broad SMARTS) is 2. The molecule has 0 aliphatic heterocycles. The highest BCUT2D eigenvalue weighted by Gasteiger charge is 2.32. The second-order valence-electron chi connectivity index (χ2n) is 19.8. The lowest BCUT2D eigenvalue weighted by Crippen LogP contribution is -2.34. The van der Waals surface area contributed by atoms with Crippen LogP contribution in [0.2, 0.25) is 0 Å². The van der Waals surface area contributed by atoms with Crippen molar-refractivity contribution in [2.24, 2.45) is 0 Å². The summed E-state index contributed by atoms with van der Waals surface area (Å²) in [4.78, 5) is 75.8. The van der Waals surface area contributed by atoms with Crippen LogP contribution >= 0.6 is 0 Å². The number of halogens is 6. The van der Waals surface area contributed by atoms with Gasteiger partial charge in [0.05, 0.1) is 25.9 Å². The average molecular weight is 1170 g/mol. The lowest BCUT2D eigenvalue weighted by atomic mass is 9.84. The Kier molecular flexibility index (Phi) is 21.9.